The van der Waals surface area contributed by atoms with Crippen molar-refractivity contribution in [2.24, 2.45) is 9.98 Å². The Balaban J connectivity index is 0.000000291. The summed E-state index contributed by atoms with van der Waals surface area (Å²) in [6.45, 7) is 2.94. The van der Waals surface area contributed by atoms with Gasteiger partial charge in [-0.05, 0) is 86.4 Å². The second-order valence-corrected chi connectivity index (χ2v) is 12.6. The van der Waals surface area contributed by atoms with Crippen LogP contribution in [0, 0.1) is 0 Å². The van der Waals surface area contributed by atoms with Gasteiger partial charge >= 0.3 is 21.0 Å². The van der Waals surface area contributed by atoms with Crippen LogP contribution in [0.3, 0.4) is 0 Å². The van der Waals surface area contributed by atoms with Gasteiger partial charge in [0.25, 0.3) is 0 Å². The van der Waals surface area contributed by atoms with E-state index in [1.54, 1.807) is 60.2 Å². The Morgan fingerprint density at radius 1 is 0.750 bits per heavy atom. The van der Waals surface area contributed by atoms with Crippen LogP contribution in [0.25, 0.3) is 0 Å². The molecular formula is C32H40N4O3S4V. The molecule has 235 valence electrons. The molecule has 12 heteroatoms. The molecule has 0 unspecified atom stereocenters. The van der Waals surface area contributed by atoms with Crippen molar-refractivity contribution in [3.05, 3.63) is 82.2 Å². The first kappa shape index (κ1) is 37.9. The van der Waals surface area contributed by atoms with Gasteiger partial charge in [-0.1, -0.05) is 48.7 Å². The number of thioether (sulfide) groups is 2. The van der Waals surface area contributed by atoms with Crippen molar-refractivity contribution in [2.75, 3.05) is 38.7 Å². The van der Waals surface area contributed by atoms with Crippen LogP contribution in [0.15, 0.2) is 81.1 Å². The molecule has 0 radical (unpaired) electrons. The van der Waals surface area contributed by atoms with Gasteiger partial charge in [-0.3, -0.25) is 9.98 Å². The summed E-state index contributed by atoms with van der Waals surface area (Å²) in [5.74, 6) is 0.528. The van der Waals surface area contributed by atoms with Crippen LogP contribution in [0.4, 0.5) is 0 Å². The SMILES string of the molecule is CSC(=S)C1=C(NCCN=Cc2ccccc2O)CCC1.CSC(=S)C1=C(NCCN=Cc2ccccc2O)CCC1.[O]=[V]. The molecule has 0 fully saturated rings. The van der Waals surface area contributed by atoms with Crippen LogP contribution < -0.4 is 10.6 Å². The second-order valence-electron chi connectivity index (χ2n) is 9.65. The number of hydrogen-bond donors (Lipinski definition) is 4. The number of phenolic OH excluding ortho intramolecular Hbond substituents is 2. The molecule has 0 amide bonds. The third kappa shape index (κ3) is 13.0. The van der Waals surface area contributed by atoms with Gasteiger partial charge in [-0.25, -0.2) is 0 Å². The summed E-state index contributed by atoms with van der Waals surface area (Å²) in [4.78, 5) is 8.69. The van der Waals surface area contributed by atoms with Crippen LogP contribution in [0.5, 0.6) is 11.5 Å². The molecule has 0 saturated carbocycles. The van der Waals surface area contributed by atoms with Gasteiger partial charge in [-0.2, -0.15) is 0 Å². The first-order valence-corrected chi connectivity index (χ1v) is 18.1. The number of nitrogens with zero attached hydrogens (tertiary/aromatic N) is 2. The van der Waals surface area contributed by atoms with Gasteiger partial charge in [0.2, 0.25) is 0 Å². The maximum atomic E-state index is 9.63. The van der Waals surface area contributed by atoms with Crippen molar-refractivity contribution in [1.29, 1.82) is 0 Å². The molecular weight excluding hydrogens is 668 g/mol. The van der Waals surface area contributed by atoms with Gasteiger partial charge < -0.3 is 20.8 Å². The number of allylic oxidation sites excluding steroid dienone is 2. The van der Waals surface area contributed by atoms with E-state index in [2.05, 4.69) is 20.6 Å². The predicted molar refractivity (Wildman–Crippen MR) is 192 cm³/mol. The second kappa shape index (κ2) is 22.3. The summed E-state index contributed by atoms with van der Waals surface area (Å²) in [5.41, 5.74) is 6.69. The average molecular weight is 708 g/mol. The van der Waals surface area contributed by atoms with Crippen LogP contribution in [0.1, 0.15) is 49.7 Å². The summed E-state index contributed by atoms with van der Waals surface area (Å²) >= 11 is 15.1. The number of para-hydroxylation sites is 2. The Bertz CT molecular complexity index is 1260. The van der Waals surface area contributed by atoms with Crippen molar-refractivity contribution >= 4 is 68.8 Å². The van der Waals surface area contributed by atoms with E-state index >= 15 is 0 Å². The van der Waals surface area contributed by atoms with Crippen molar-refractivity contribution in [1.82, 2.24) is 10.6 Å². The van der Waals surface area contributed by atoms with Gasteiger partial charge in [0, 0.05) is 48.0 Å². The Morgan fingerprint density at radius 3 is 1.50 bits per heavy atom. The summed E-state index contributed by atoms with van der Waals surface area (Å²) in [6.07, 6.45) is 14.2. The fourth-order valence-corrected chi connectivity index (χ4v) is 6.03. The van der Waals surface area contributed by atoms with Crippen LogP contribution in [0.2, 0.25) is 0 Å². The summed E-state index contributed by atoms with van der Waals surface area (Å²) in [7, 11) is 0. The molecule has 2 aliphatic rings. The molecule has 2 aromatic carbocycles. The number of phenols is 2. The molecule has 0 atom stereocenters. The average Bonchev–Trinajstić information content (AvgIpc) is 3.73. The first-order valence-electron chi connectivity index (χ1n) is 14.3. The molecule has 0 spiro atoms. The number of benzene rings is 2. The van der Waals surface area contributed by atoms with Gasteiger partial charge in [0.15, 0.2) is 0 Å². The van der Waals surface area contributed by atoms with Gasteiger partial charge in [0.1, 0.15) is 11.5 Å². The molecule has 2 aliphatic carbocycles. The minimum atomic E-state index is 0.264. The number of nitrogens with one attached hydrogen (secondary N) is 2. The Labute approximate surface area is 289 Å². The topological polar surface area (TPSA) is 106 Å². The van der Waals surface area contributed by atoms with Crippen molar-refractivity contribution in [3.8, 4) is 11.5 Å². The van der Waals surface area contributed by atoms with Crippen molar-refractivity contribution < 1.29 is 31.3 Å². The van der Waals surface area contributed by atoms with E-state index in [0.717, 1.165) is 75.7 Å². The summed E-state index contributed by atoms with van der Waals surface area (Å²) < 4.78 is 10.2. The zero-order valence-corrected chi connectivity index (χ0v) is 29.8. The van der Waals surface area contributed by atoms with Crippen molar-refractivity contribution in [2.45, 2.75) is 38.5 Å². The number of rotatable bonds is 12. The third-order valence-electron chi connectivity index (χ3n) is 6.79. The fraction of sp³-hybridized carbons (Fsp3) is 0.375. The Kier molecular flexibility index (Phi) is 19.2. The monoisotopic (exact) mass is 707 g/mol. The van der Waals surface area contributed by atoms with Crippen LogP contribution in [-0.4, -0.2) is 69.7 Å². The normalized spacial score (nSPS) is 14.3. The summed E-state index contributed by atoms with van der Waals surface area (Å²) in [5, 5.41) is 26.2. The number of aliphatic imine (C=N–C) groups is 2. The molecule has 4 N–H and O–H groups in total. The van der Waals surface area contributed by atoms with E-state index in [4.69, 9.17) is 28.1 Å². The van der Waals surface area contributed by atoms with E-state index in [1.165, 1.54) is 35.4 Å². The quantitative estimate of drug-likeness (QED) is 0.106. The van der Waals surface area contributed by atoms with Crippen LogP contribution >= 0.6 is 48.0 Å². The Hall–Kier alpha value is -2.28. The predicted octanol–water partition coefficient (Wildman–Crippen LogP) is 6.94. The fourth-order valence-electron chi connectivity index (χ4n) is 4.64. The molecule has 0 bridgehead atoms. The third-order valence-corrected chi connectivity index (χ3v) is 9.52. The molecule has 0 heterocycles. The van der Waals surface area contributed by atoms with Gasteiger partial charge in [0.05, 0.1) is 21.5 Å². The number of hydrogen-bond acceptors (Lipinski definition) is 11. The van der Waals surface area contributed by atoms with E-state index in [-0.39, 0.29) is 11.5 Å². The minimum absolute atomic E-state index is 0.264. The number of aromatic hydroxyl groups is 2. The van der Waals surface area contributed by atoms with E-state index in [1.807, 2.05) is 36.8 Å². The van der Waals surface area contributed by atoms with Crippen molar-refractivity contribution in [3.63, 3.8) is 0 Å². The van der Waals surface area contributed by atoms with E-state index in [9.17, 15) is 10.2 Å². The zero-order chi connectivity index (χ0) is 32.2. The molecule has 7 nitrogen and oxygen atoms in total. The standard InChI is InChI=1S/2C16H20N2OS2.O.V/c2*1-21-16(20)13-6-4-7-14(13)18-10-9-17-11-12-5-2-3-8-15(12)19;;/h2*2-3,5,8,11,18-19H,4,6-7,9-10H2,1H3;;. The molecule has 0 aliphatic heterocycles. The first-order chi connectivity index (χ1) is 21.4. The Morgan fingerprint density at radius 2 is 1.14 bits per heavy atom. The molecule has 0 aromatic heterocycles. The molecule has 2 aromatic rings. The summed E-state index contributed by atoms with van der Waals surface area (Å²) in [6, 6.07) is 14.4. The zero-order valence-electron chi connectivity index (χ0n) is 25.1. The molecule has 44 heavy (non-hydrogen) atoms. The van der Waals surface area contributed by atoms with Crippen LogP contribution in [-0.2, 0) is 21.0 Å². The van der Waals surface area contributed by atoms with E-state index < -0.39 is 0 Å². The molecule has 4 rings (SSSR count). The maximum absolute atomic E-state index is 9.63. The molecule has 0 saturated heterocycles. The van der Waals surface area contributed by atoms with E-state index in [0.29, 0.717) is 13.1 Å². The number of thiocarbonyl (C=S) groups is 2. The van der Waals surface area contributed by atoms with Gasteiger partial charge in [-0.15, -0.1) is 23.5 Å².